The predicted octanol–water partition coefficient (Wildman–Crippen LogP) is 1.93. The zero-order valence-electron chi connectivity index (χ0n) is 11.7. The summed E-state index contributed by atoms with van der Waals surface area (Å²) in [5.41, 5.74) is 0.668. The number of benzene rings is 1. The van der Waals surface area contributed by atoms with Gasteiger partial charge < -0.3 is 15.0 Å². The number of urea groups is 1. The Bertz CT molecular complexity index is 465. The molecule has 0 spiro atoms. The van der Waals surface area contributed by atoms with E-state index in [2.05, 4.69) is 5.32 Å². The van der Waals surface area contributed by atoms with Crippen LogP contribution in [0.3, 0.4) is 0 Å². The molecule has 1 aromatic carbocycles. The van der Waals surface area contributed by atoms with Crippen molar-refractivity contribution in [2.24, 2.45) is 0 Å². The van der Waals surface area contributed by atoms with Gasteiger partial charge in [0.15, 0.2) is 0 Å². The summed E-state index contributed by atoms with van der Waals surface area (Å²) in [6, 6.07) is 6.83. The fourth-order valence-electron chi connectivity index (χ4n) is 1.56. The van der Waals surface area contributed by atoms with E-state index in [9.17, 15) is 9.00 Å². The highest BCUT2D eigenvalue weighted by molar-refractivity contribution is 7.84. The minimum Gasteiger partial charge on any atom is -0.497 e. The fraction of sp³-hybridized carbons (Fsp3) is 0.462. The van der Waals surface area contributed by atoms with E-state index in [1.165, 1.54) is 0 Å². The van der Waals surface area contributed by atoms with Crippen molar-refractivity contribution in [2.45, 2.75) is 13.0 Å². The molecule has 1 aromatic rings. The van der Waals surface area contributed by atoms with Crippen molar-refractivity contribution in [1.29, 1.82) is 0 Å². The van der Waals surface area contributed by atoms with Crippen molar-refractivity contribution in [3.05, 3.63) is 24.3 Å². The lowest BCUT2D eigenvalue weighted by atomic mass is 10.3. The molecular formula is C13H20N2O3S. The van der Waals surface area contributed by atoms with Crippen molar-refractivity contribution in [3.63, 3.8) is 0 Å². The van der Waals surface area contributed by atoms with Gasteiger partial charge in [-0.2, -0.15) is 0 Å². The molecule has 0 radical (unpaired) electrons. The minimum atomic E-state index is -0.926. The summed E-state index contributed by atoms with van der Waals surface area (Å²) >= 11 is 0. The van der Waals surface area contributed by atoms with Gasteiger partial charge in [0.2, 0.25) is 0 Å². The van der Waals surface area contributed by atoms with E-state index in [1.54, 1.807) is 43.5 Å². The van der Waals surface area contributed by atoms with E-state index in [0.29, 0.717) is 17.2 Å². The highest BCUT2D eigenvalue weighted by Gasteiger charge is 2.16. The lowest BCUT2D eigenvalue weighted by Crippen LogP contribution is -2.40. The normalized spacial score (nSPS) is 13.5. The molecule has 1 N–H and O–H groups in total. The Morgan fingerprint density at radius 3 is 2.79 bits per heavy atom. The van der Waals surface area contributed by atoms with Crippen LogP contribution >= 0.6 is 0 Å². The second-order valence-corrected chi connectivity index (χ2v) is 5.84. The molecule has 106 valence electrons. The van der Waals surface area contributed by atoms with Gasteiger partial charge in [0.1, 0.15) is 5.75 Å². The number of carbonyl (C=O) groups is 1. The van der Waals surface area contributed by atoms with Gasteiger partial charge in [-0.15, -0.1) is 0 Å². The summed E-state index contributed by atoms with van der Waals surface area (Å²) in [5.74, 6) is 1.14. The topological polar surface area (TPSA) is 58.6 Å². The highest BCUT2D eigenvalue weighted by atomic mass is 32.2. The molecule has 0 aliphatic heterocycles. The lowest BCUT2D eigenvalue weighted by Gasteiger charge is -2.24. The van der Waals surface area contributed by atoms with Crippen LogP contribution in [0.5, 0.6) is 5.75 Å². The second kappa shape index (κ2) is 7.13. The number of hydrogen-bond donors (Lipinski definition) is 1. The molecule has 0 aromatic heterocycles. The molecule has 6 heteroatoms. The number of ether oxygens (including phenoxy) is 1. The van der Waals surface area contributed by atoms with E-state index in [-0.39, 0.29) is 12.1 Å². The molecule has 0 saturated carbocycles. The molecule has 1 rings (SSSR count). The molecule has 19 heavy (non-hydrogen) atoms. The van der Waals surface area contributed by atoms with Crippen LogP contribution in [0.15, 0.2) is 24.3 Å². The Morgan fingerprint density at radius 2 is 2.21 bits per heavy atom. The van der Waals surface area contributed by atoms with E-state index < -0.39 is 10.8 Å². The maximum Gasteiger partial charge on any atom is 0.321 e. The molecule has 0 heterocycles. The molecule has 0 aliphatic rings. The third-order valence-electron chi connectivity index (χ3n) is 2.78. The first-order valence-electron chi connectivity index (χ1n) is 5.92. The number of nitrogens with zero attached hydrogens (tertiary/aromatic N) is 1. The third-order valence-corrected chi connectivity index (χ3v) is 3.73. The van der Waals surface area contributed by atoms with Crippen LogP contribution in [0.25, 0.3) is 0 Å². The summed E-state index contributed by atoms with van der Waals surface area (Å²) < 4.78 is 16.3. The van der Waals surface area contributed by atoms with Crippen LogP contribution in [0.4, 0.5) is 10.5 Å². The maximum absolute atomic E-state index is 12.0. The zero-order chi connectivity index (χ0) is 14.4. The SMILES string of the molecule is COc1cccc(NC(=O)N(C)[C@@H](C)C[S@](C)=O)c1. The fourth-order valence-corrected chi connectivity index (χ4v) is 2.47. The molecule has 0 aliphatic carbocycles. The van der Waals surface area contributed by atoms with Crippen LogP contribution < -0.4 is 10.1 Å². The first kappa shape index (κ1) is 15.5. The molecule has 2 amide bonds. The Morgan fingerprint density at radius 1 is 1.53 bits per heavy atom. The molecule has 0 fully saturated rings. The first-order valence-corrected chi connectivity index (χ1v) is 7.64. The predicted molar refractivity (Wildman–Crippen MR) is 78.2 cm³/mol. The minimum absolute atomic E-state index is 0.0866. The van der Waals surface area contributed by atoms with Gasteiger partial charge >= 0.3 is 6.03 Å². The number of rotatable bonds is 5. The van der Waals surface area contributed by atoms with Gasteiger partial charge in [-0.25, -0.2) is 4.79 Å². The van der Waals surface area contributed by atoms with Crippen LogP contribution in [0.1, 0.15) is 6.92 Å². The van der Waals surface area contributed by atoms with Gasteiger partial charge in [0, 0.05) is 47.7 Å². The van der Waals surface area contributed by atoms with Gasteiger partial charge in [0.05, 0.1) is 7.11 Å². The monoisotopic (exact) mass is 284 g/mol. The molecule has 0 saturated heterocycles. The van der Waals surface area contributed by atoms with E-state index in [0.717, 1.165) is 0 Å². The molecule has 5 nitrogen and oxygen atoms in total. The number of carbonyl (C=O) groups excluding carboxylic acids is 1. The van der Waals surface area contributed by atoms with Gasteiger partial charge in [-0.3, -0.25) is 4.21 Å². The quantitative estimate of drug-likeness (QED) is 0.898. The largest absolute Gasteiger partial charge is 0.497 e. The molecular weight excluding hydrogens is 264 g/mol. The first-order chi connectivity index (χ1) is 8.93. The summed E-state index contributed by atoms with van der Waals surface area (Å²) in [4.78, 5) is 13.6. The summed E-state index contributed by atoms with van der Waals surface area (Å²) in [5, 5.41) is 2.78. The molecule has 0 bridgehead atoms. The highest BCUT2D eigenvalue weighted by Crippen LogP contribution is 2.17. The Kier molecular flexibility index (Phi) is 5.82. The number of amides is 2. The summed E-state index contributed by atoms with van der Waals surface area (Å²) in [6.07, 6.45) is 1.63. The molecule has 2 atom stereocenters. The molecule has 0 unspecified atom stereocenters. The van der Waals surface area contributed by atoms with Crippen LogP contribution in [0.2, 0.25) is 0 Å². The number of nitrogens with one attached hydrogen (secondary N) is 1. The van der Waals surface area contributed by atoms with E-state index in [1.807, 2.05) is 13.0 Å². The van der Waals surface area contributed by atoms with Gasteiger partial charge in [-0.05, 0) is 19.1 Å². The Labute approximate surface area is 116 Å². The zero-order valence-corrected chi connectivity index (χ0v) is 12.5. The van der Waals surface area contributed by atoms with E-state index in [4.69, 9.17) is 4.74 Å². The number of methoxy groups -OCH3 is 1. The van der Waals surface area contributed by atoms with Crippen molar-refractivity contribution >= 4 is 22.5 Å². The Balaban J connectivity index is 2.65. The smallest absolute Gasteiger partial charge is 0.321 e. The number of hydrogen-bond acceptors (Lipinski definition) is 3. The van der Waals surface area contributed by atoms with Crippen LogP contribution in [-0.4, -0.2) is 47.3 Å². The van der Waals surface area contributed by atoms with Crippen LogP contribution in [0, 0.1) is 0 Å². The average molecular weight is 284 g/mol. The second-order valence-electron chi connectivity index (χ2n) is 4.36. The number of anilines is 1. The van der Waals surface area contributed by atoms with Crippen LogP contribution in [-0.2, 0) is 10.8 Å². The van der Waals surface area contributed by atoms with Crippen molar-refractivity contribution in [3.8, 4) is 5.75 Å². The Hall–Kier alpha value is -1.56. The lowest BCUT2D eigenvalue weighted by molar-refractivity contribution is 0.212. The van der Waals surface area contributed by atoms with Crippen molar-refractivity contribution in [2.75, 3.05) is 31.5 Å². The standard InChI is InChI=1S/C13H20N2O3S/c1-10(9-19(4)17)15(2)13(16)14-11-6-5-7-12(8-11)18-3/h5-8,10H,9H2,1-4H3,(H,14,16)/t10-,19-/m0/s1. The average Bonchev–Trinajstić information content (AvgIpc) is 2.37. The third kappa shape index (κ3) is 4.90. The summed E-state index contributed by atoms with van der Waals surface area (Å²) in [7, 11) is 2.34. The van der Waals surface area contributed by atoms with Gasteiger partial charge in [-0.1, -0.05) is 6.07 Å². The maximum atomic E-state index is 12.0. The van der Waals surface area contributed by atoms with Crippen molar-refractivity contribution < 1.29 is 13.7 Å². The van der Waals surface area contributed by atoms with Crippen molar-refractivity contribution in [1.82, 2.24) is 4.90 Å². The summed E-state index contributed by atoms with van der Waals surface area (Å²) in [6.45, 7) is 1.87. The van der Waals surface area contributed by atoms with Gasteiger partial charge in [0.25, 0.3) is 0 Å². The van der Waals surface area contributed by atoms with E-state index >= 15 is 0 Å².